The first kappa shape index (κ1) is 12.5. The van der Waals surface area contributed by atoms with Gasteiger partial charge in [0, 0.05) is 25.3 Å². The Bertz CT molecular complexity index is 364. The minimum absolute atomic E-state index is 0.219. The lowest BCUT2D eigenvalue weighted by atomic mass is 10.1. The van der Waals surface area contributed by atoms with Gasteiger partial charge in [-0.1, -0.05) is 6.07 Å². The molecule has 0 bridgehead atoms. The van der Waals surface area contributed by atoms with Gasteiger partial charge < -0.3 is 15.2 Å². The predicted molar refractivity (Wildman–Crippen MR) is 62.9 cm³/mol. The summed E-state index contributed by atoms with van der Waals surface area (Å²) in [6.45, 7) is 2.26. The van der Waals surface area contributed by atoms with E-state index in [1.54, 1.807) is 12.1 Å². The number of hydrogen-bond donors (Lipinski definition) is 1. The molecule has 94 valence electrons. The normalized spacial score (nSPS) is 17.3. The minimum atomic E-state index is -0.248. The Hall–Kier alpha value is -0.970. The van der Waals surface area contributed by atoms with Crippen molar-refractivity contribution in [1.82, 2.24) is 0 Å². The van der Waals surface area contributed by atoms with Gasteiger partial charge in [-0.2, -0.15) is 0 Å². The molecule has 2 N–H and O–H groups in total. The molecule has 0 spiro atoms. The molecule has 1 saturated heterocycles. The standard InChI is InChI=1S/C13H18FNO2/c14-13-2-1-10(7-11(13)8-15)9-17-12-3-5-16-6-4-12/h1-2,7,12H,3-6,8-9,15H2. The van der Waals surface area contributed by atoms with Crippen molar-refractivity contribution in [3.05, 3.63) is 35.1 Å². The molecule has 2 rings (SSSR count). The van der Waals surface area contributed by atoms with Gasteiger partial charge in [-0.25, -0.2) is 4.39 Å². The molecule has 1 aliphatic rings. The summed E-state index contributed by atoms with van der Waals surface area (Å²) >= 11 is 0. The van der Waals surface area contributed by atoms with Crippen LogP contribution in [0, 0.1) is 5.82 Å². The van der Waals surface area contributed by atoms with E-state index in [9.17, 15) is 4.39 Å². The summed E-state index contributed by atoms with van der Waals surface area (Å²) in [4.78, 5) is 0. The van der Waals surface area contributed by atoms with E-state index in [-0.39, 0.29) is 18.5 Å². The van der Waals surface area contributed by atoms with Crippen LogP contribution < -0.4 is 5.73 Å². The Balaban J connectivity index is 1.89. The molecule has 0 unspecified atom stereocenters. The molecule has 17 heavy (non-hydrogen) atoms. The van der Waals surface area contributed by atoms with Crippen LogP contribution in [0.2, 0.25) is 0 Å². The summed E-state index contributed by atoms with van der Waals surface area (Å²) in [7, 11) is 0. The number of ether oxygens (including phenoxy) is 2. The quantitative estimate of drug-likeness (QED) is 0.873. The van der Waals surface area contributed by atoms with Crippen LogP contribution in [-0.4, -0.2) is 19.3 Å². The summed E-state index contributed by atoms with van der Waals surface area (Å²) in [5.41, 5.74) is 6.97. The van der Waals surface area contributed by atoms with Crippen molar-refractivity contribution in [3.63, 3.8) is 0 Å². The molecule has 0 saturated carbocycles. The zero-order valence-corrected chi connectivity index (χ0v) is 9.82. The van der Waals surface area contributed by atoms with Crippen molar-refractivity contribution in [2.45, 2.75) is 32.1 Å². The first-order valence-corrected chi connectivity index (χ1v) is 5.96. The third-order valence-corrected chi connectivity index (χ3v) is 2.98. The topological polar surface area (TPSA) is 44.5 Å². The number of rotatable bonds is 4. The average Bonchev–Trinajstić information content (AvgIpc) is 2.39. The minimum Gasteiger partial charge on any atom is -0.381 e. The van der Waals surface area contributed by atoms with Gasteiger partial charge in [0.15, 0.2) is 0 Å². The Kier molecular flexibility index (Phi) is 4.48. The molecular weight excluding hydrogens is 221 g/mol. The van der Waals surface area contributed by atoms with Crippen molar-refractivity contribution >= 4 is 0 Å². The second-order valence-corrected chi connectivity index (χ2v) is 4.25. The van der Waals surface area contributed by atoms with Crippen LogP contribution in [0.3, 0.4) is 0 Å². The number of benzene rings is 1. The lowest BCUT2D eigenvalue weighted by Crippen LogP contribution is -2.23. The van der Waals surface area contributed by atoms with Gasteiger partial charge in [-0.05, 0) is 30.5 Å². The molecule has 0 radical (unpaired) electrons. The largest absolute Gasteiger partial charge is 0.381 e. The highest BCUT2D eigenvalue weighted by molar-refractivity contribution is 5.24. The van der Waals surface area contributed by atoms with Gasteiger partial charge in [0.1, 0.15) is 5.82 Å². The fourth-order valence-electron chi connectivity index (χ4n) is 1.93. The molecule has 1 aliphatic heterocycles. The van der Waals surface area contributed by atoms with E-state index in [1.807, 2.05) is 0 Å². The molecule has 0 amide bonds. The van der Waals surface area contributed by atoms with Crippen LogP contribution >= 0.6 is 0 Å². The molecule has 1 heterocycles. The number of halogens is 1. The highest BCUT2D eigenvalue weighted by Crippen LogP contribution is 2.15. The maximum Gasteiger partial charge on any atom is 0.127 e. The first-order valence-electron chi connectivity index (χ1n) is 5.96. The van der Waals surface area contributed by atoms with Gasteiger partial charge in [0.05, 0.1) is 12.7 Å². The first-order chi connectivity index (χ1) is 8.29. The second kappa shape index (κ2) is 6.10. The van der Waals surface area contributed by atoms with Crippen molar-refractivity contribution in [2.75, 3.05) is 13.2 Å². The van der Waals surface area contributed by atoms with E-state index in [2.05, 4.69) is 0 Å². The molecule has 1 aromatic rings. The van der Waals surface area contributed by atoms with Crippen LogP contribution in [0.1, 0.15) is 24.0 Å². The fourth-order valence-corrected chi connectivity index (χ4v) is 1.93. The lowest BCUT2D eigenvalue weighted by molar-refractivity contribution is -0.0390. The molecule has 1 fully saturated rings. The second-order valence-electron chi connectivity index (χ2n) is 4.25. The van der Waals surface area contributed by atoms with Crippen LogP contribution in [0.15, 0.2) is 18.2 Å². The zero-order valence-electron chi connectivity index (χ0n) is 9.82. The van der Waals surface area contributed by atoms with E-state index in [0.29, 0.717) is 12.2 Å². The van der Waals surface area contributed by atoms with Crippen molar-refractivity contribution < 1.29 is 13.9 Å². The van der Waals surface area contributed by atoms with Gasteiger partial charge in [0.2, 0.25) is 0 Å². The summed E-state index contributed by atoms with van der Waals surface area (Å²) < 4.78 is 24.3. The molecule has 4 heteroatoms. The molecule has 3 nitrogen and oxygen atoms in total. The maximum atomic E-state index is 13.2. The van der Waals surface area contributed by atoms with Crippen LogP contribution in [0.5, 0.6) is 0 Å². The van der Waals surface area contributed by atoms with Gasteiger partial charge in [-0.15, -0.1) is 0 Å². The Morgan fingerprint density at radius 2 is 2.12 bits per heavy atom. The summed E-state index contributed by atoms with van der Waals surface area (Å²) in [6, 6.07) is 4.97. The van der Waals surface area contributed by atoms with E-state index < -0.39 is 0 Å². The third kappa shape index (κ3) is 3.49. The van der Waals surface area contributed by atoms with E-state index in [0.717, 1.165) is 31.6 Å². The SMILES string of the molecule is NCc1cc(COC2CCOCC2)ccc1F. The molecule has 0 aromatic heterocycles. The Morgan fingerprint density at radius 3 is 2.82 bits per heavy atom. The molecule has 0 aliphatic carbocycles. The maximum absolute atomic E-state index is 13.2. The van der Waals surface area contributed by atoms with Crippen LogP contribution in [-0.2, 0) is 22.6 Å². The van der Waals surface area contributed by atoms with E-state index in [1.165, 1.54) is 6.07 Å². The van der Waals surface area contributed by atoms with E-state index >= 15 is 0 Å². The predicted octanol–water partition coefficient (Wildman–Crippen LogP) is 1.98. The monoisotopic (exact) mass is 239 g/mol. The number of nitrogens with two attached hydrogens (primary N) is 1. The van der Waals surface area contributed by atoms with Gasteiger partial charge in [0.25, 0.3) is 0 Å². The highest BCUT2D eigenvalue weighted by atomic mass is 19.1. The lowest BCUT2D eigenvalue weighted by Gasteiger charge is -2.22. The Labute approximate surface area is 101 Å². The van der Waals surface area contributed by atoms with Crippen molar-refractivity contribution in [1.29, 1.82) is 0 Å². The van der Waals surface area contributed by atoms with Crippen molar-refractivity contribution in [2.24, 2.45) is 5.73 Å². The summed E-state index contributed by atoms with van der Waals surface area (Å²) in [6.07, 6.45) is 2.13. The zero-order chi connectivity index (χ0) is 12.1. The summed E-state index contributed by atoms with van der Waals surface area (Å²) in [5.74, 6) is -0.248. The smallest absolute Gasteiger partial charge is 0.127 e. The van der Waals surface area contributed by atoms with E-state index in [4.69, 9.17) is 15.2 Å². The van der Waals surface area contributed by atoms with Gasteiger partial charge >= 0.3 is 0 Å². The molecular formula is C13H18FNO2. The third-order valence-electron chi connectivity index (χ3n) is 2.98. The summed E-state index contributed by atoms with van der Waals surface area (Å²) in [5, 5.41) is 0. The van der Waals surface area contributed by atoms with Crippen LogP contribution in [0.4, 0.5) is 4.39 Å². The van der Waals surface area contributed by atoms with Crippen molar-refractivity contribution in [3.8, 4) is 0 Å². The fraction of sp³-hybridized carbons (Fsp3) is 0.538. The van der Waals surface area contributed by atoms with Gasteiger partial charge in [-0.3, -0.25) is 0 Å². The Morgan fingerprint density at radius 1 is 1.35 bits per heavy atom. The highest BCUT2D eigenvalue weighted by Gasteiger charge is 2.14. The average molecular weight is 239 g/mol. The number of hydrogen-bond acceptors (Lipinski definition) is 3. The van der Waals surface area contributed by atoms with Crippen LogP contribution in [0.25, 0.3) is 0 Å². The molecule has 1 aromatic carbocycles. The molecule has 0 atom stereocenters.